The molecule has 0 saturated carbocycles. The summed E-state index contributed by atoms with van der Waals surface area (Å²) in [6, 6.07) is -1.97. The highest BCUT2D eigenvalue weighted by Gasteiger charge is 2.56. The van der Waals surface area contributed by atoms with Gasteiger partial charge in [0.2, 0.25) is 5.91 Å². The number of urea groups is 1. The van der Waals surface area contributed by atoms with E-state index < -0.39 is 41.1 Å². The van der Waals surface area contributed by atoms with E-state index in [1.807, 2.05) is 20.8 Å². The summed E-state index contributed by atoms with van der Waals surface area (Å²) in [6.45, 7) is 11.3. The molecule has 4 atom stereocenters. The maximum Gasteiger partial charge on any atom is 0.408 e. The number of fused-ring (bicyclic) bond motifs is 1. The second-order valence-corrected chi connectivity index (χ2v) is 10.2. The molecule has 2 N–H and O–H groups in total. The average Bonchev–Trinajstić information content (AvgIpc) is 3.22. The predicted octanol–water partition coefficient (Wildman–Crippen LogP) is 1.34. The van der Waals surface area contributed by atoms with E-state index in [2.05, 4.69) is 10.6 Å². The first kappa shape index (κ1) is 24.7. The molecule has 2 fully saturated rings. The van der Waals surface area contributed by atoms with Gasteiger partial charge in [-0.1, -0.05) is 20.8 Å². The Hall–Kier alpha value is -2.52. The van der Waals surface area contributed by atoms with Crippen LogP contribution in [0.5, 0.6) is 0 Å². The first-order chi connectivity index (χ1) is 14.2. The number of amides is 4. The summed E-state index contributed by atoms with van der Waals surface area (Å²) in [4.78, 5) is 54.1. The van der Waals surface area contributed by atoms with E-state index in [1.165, 1.54) is 14.2 Å². The quantitative estimate of drug-likeness (QED) is 0.640. The zero-order chi connectivity index (χ0) is 23.7. The smallest absolute Gasteiger partial charge is 0.408 e. The second kappa shape index (κ2) is 8.92. The summed E-state index contributed by atoms with van der Waals surface area (Å²) >= 11 is 0. The number of esters is 1. The van der Waals surface area contributed by atoms with Gasteiger partial charge in [-0.05, 0) is 32.6 Å². The topological polar surface area (TPSA) is 117 Å². The van der Waals surface area contributed by atoms with Crippen LogP contribution < -0.4 is 10.6 Å². The summed E-state index contributed by atoms with van der Waals surface area (Å²) < 4.78 is 10.3. The Morgan fingerprint density at radius 1 is 1.03 bits per heavy atom. The van der Waals surface area contributed by atoms with Crippen LogP contribution in [0.1, 0.15) is 48.0 Å². The fourth-order valence-electron chi connectivity index (χ4n) is 4.32. The van der Waals surface area contributed by atoms with Crippen molar-refractivity contribution in [2.75, 3.05) is 27.2 Å². The minimum absolute atomic E-state index is 0.172. The van der Waals surface area contributed by atoms with E-state index in [-0.39, 0.29) is 24.5 Å². The molecule has 2 rings (SSSR count). The van der Waals surface area contributed by atoms with Gasteiger partial charge >= 0.3 is 18.1 Å². The Morgan fingerprint density at radius 2 is 1.65 bits per heavy atom. The number of carbonyl (C=O) groups excluding carboxylic acids is 4. The van der Waals surface area contributed by atoms with Gasteiger partial charge in [0.25, 0.3) is 0 Å². The number of rotatable bonds is 3. The van der Waals surface area contributed by atoms with Crippen LogP contribution in [-0.2, 0) is 19.1 Å². The van der Waals surface area contributed by atoms with E-state index in [1.54, 1.807) is 30.6 Å². The Bertz CT molecular complexity index is 726. The van der Waals surface area contributed by atoms with Crippen molar-refractivity contribution in [3.05, 3.63) is 0 Å². The molecule has 10 heteroatoms. The third kappa shape index (κ3) is 5.40. The average molecular weight is 441 g/mol. The third-order valence-corrected chi connectivity index (χ3v) is 5.66. The molecular weight excluding hydrogens is 404 g/mol. The van der Waals surface area contributed by atoms with Gasteiger partial charge < -0.3 is 29.9 Å². The molecule has 0 aromatic rings. The fraction of sp³-hybridized carbons (Fsp3) is 0.810. The first-order valence-electron chi connectivity index (χ1n) is 10.6. The molecule has 10 nitrogen and oxygen atoms in total. The zero-order valence-corrected chi connectivity index (χ0v) is 19.8. The number of hydrogen-bond acceptors (Lipinski definition) is 6. The molecule has 0 aliphatic carbocycles. The molecular formula is C21H36N4O6. The van der Waals surface area contributed by atoms with Crippen LogP contribution in [0, 0.1) is 11.3 Å². The monoisotopic (exact) mass is 440 g/mol. The molecule has 0 unspecified atom stereocenters. The van der Waals surface area contributed by atoms with Gasteiger partial charge in [0, 0.05) is 20.1 Å². The van der Waals surface area contributed by atoms with Crippen molar-refractivity contribution >= 4 is 24.0 Å². The molecule has 2 aliphatic heterocycles. The highest BCUT2D eigenvalue weighted by atomic mass is 16.6. The summed E-state index contributed by atoms with van der Waals surface area (Å²) in [6.07, 6.45) is -0.139. The molecule has 0 radical (unpaired) electrons. The predicted molar refractivity (Wildman–Crippen MR) is 113 cm³/mol. The first-order valence-corrected chi connectivity index (χ1v) is 10.6. The lowest BCUT2D eigenvalue weighted by molar-refractivity contribution is -0.148. The van der Waals surface area contributed by atoms with E-state index in [0.717, 1.165) is 0 Å². The summed E-state index contributed by atoms with van der Waals surface area (Å²) in [7, 11) is 2.82. The van der Waals surface area contributed by atoms with Crippen molar-refractivity contribution in [1.29, 1.82) is 0 Å². The molecule has 0 aromatic carbocycles. The molecule has 31 heavy (non-hydrogen) atoms. The van der Waals surface area contributed by atoms with E-state index in [9.17, 15) is 19.2 Å². The minimum atomic E-state index is -0.867. The van der Waals surface area contributed by atoms with Gasteiger partial charge in [-0.3, -0.25) is 9.59 Å². The largest absolute Gasteiger partial charge is 0.469 e. The van der Waals surface area contributed by atoms with Crippen LogP contribution in [0.25, 0.3) is 0 Å². The van der Waals surface area contributed by atoms with Crippen molar-refractivity contribution < 1.29 is 28.7 Å². The van der Waals surface area contributed by atoms with Crippen molar-refractivity contribution in [3.8, 4) is 0 Å². The number of ether oxygens (including phenoxy) is 2. The van der Waals surface area contributed by atoms with E-state index >= 15 is 0 Å². The van der Waals surface area contributed by atoms with Gasteiger partial charge in [0.15, 0.2) is 0 Å². The lowest BCUT2D eigenvalue weighted by Crippen LogP contribution is -2.58. The van der Waals surface area contributed by atoms with Crippen LogP contribution in [0.2, 0.25) is 0 Å². The standard InChI is InChI=1S/C21H36N4O6/c1-20(2,3)15(23-19(29)31-21(4,5)6)16(26)24-10-9-13-14(24)12(17(27)30-8)11-25(13)18(28)22-7/h12-15H,9-11H2,1-8H3,(H,22,28)(H,23,29)/t12-,13+,14+,15+/m0/s1. The van der Waals surface area contributed by atoms with Gasteiger partial charge in [0.1, 0.15) is 11.6 Å². The van der Waals surface area contributed by atoms with E-state index in [4.69, 9.17) is 9.47 Å². The Labute approximate surface area is 184 Å². The normalized spacial score (nSPS) is 24.3. The molecule has 4 amide bonds. The number of methoxy groups -OCH3 is 1. The van der Waals surface area contributed by atoms with Crippen molar-refractivity contribution in [3.63, 3.8) is 0 Å². The Morgan fingerprint density at radius 3 is 2.13 bits per heavy atom. The molecule has 2 heterocycles. The summed E-state index contributed by atoms with van der Waals surface area (Å²) in [5.41, 5.74) is -1.31. The van der Waals surface area contributed by atoms with Crippen LogP contribution in [0.3, 0.4) is 0 Å². The maximum atomic E-state index is 13.6. The molecule has 0 spiro atoms. The molecule has 0 bridgehead atoms. The Kier molecular flexibility index (Phi) is 7.12. The number of nitrogens with one attached hydrogen (secondary N) is 2. The molecule has 176 valence electrons. The number of alkyl carbamates (subject to hydrolysis) is 1. The van der Waals surface area contributed by atoms with Crippen molar-refractivity contribution in [2.24, 2.45) is 11.3 Å². The van der Waals surface area contributed by atoms with Gasteiger partial charge in [0.05, 0.1) is 25.1 Å². The number of likely N-dealkylation sites (tertiary alicyclic amines) is 2. The third-order valence-electron chi connectivity index (χ3n) is 5.66. The lowest BCUT2D eigenvalue weighted by Gasteiger charge is -2.36. The number of carbonyl (C=O) groups is 4. The van der Waals surface area contributed by atoms with Crippen molar-refractivity contribution in [1.82, 2.24) is 20.4 Å². The van der Waals surface area contributed by atoms with Crippen LogP contribution >= 0.6 is 0 Å². The highest BCUT2D eigenvalue weighted by Crippen LogP contribution is 2.37. The van der Waals surface area contributed by atoms with Crippen molar-refractivity contribution in [2.45, 2.75) is 71.7 Å². The van der Waals surface area contributed by atoms with Gasteiger partial charge in [-0.15, -0.1) is 0 Å². The second-order valence-electron chi connectivity index (χ2n) is 10.2. The van der Waals surface area contributed by atoms with Gasteiger partial charge in [-0.2, -0.15) is 0 Å². The van der Waals surface area contributed by atoms with Crippen LogP contribution in [0.4, 0.5) is 9.59 Å². The summed E-state index contributed by atoms with van der Waals surface area (Å²) in [5.74, 6) is -1.42. The number of hydrogen-bond donors (Lipinski definition) is 2. The molecule has 2 saturated heterocycles. The minimum Gasteiger partial charge on any atom is -0.469 e. The highest BCUT2D eigenvalue weighted by molar-refractivity contribution is 5.88. The van der Waals surface area contributed by atoms with Crippen LogP contribution in [0.15, 0.2) is 0 Å². The van der Waals surface area contributed by atoms with E-state index in [0.29, 0.717) is 13.0 Å². The SMILES string of the molecule is CNC(=O)N1C[C@H](C(=O)OC)[C@@H]2[C@H]1CCN2C(=O)[C@@H](NC(=O)OC(C)(C)C)C(C)(C)C. The Balaban J connectivity index is 2.31. The molecule has 2 aliphatic rings. The van der Waals surface area contributed by atoms with Gasteiger partial charge in [-0.25, -0.2) is 9.59 Å². The fourth-order valence-corrected chi connectivity index (χ4v) is 4.32. The zero-order valence-electron chi connectivity index (χ0n) is 19.8. The molecule has 0 aromatic heterocycles. The summed E-state index contributed by atoms with van der Waals surface area (Å²) in [5, 5.41) is 5.31. The lowest BCUT2D eigenvalue weighted by atomic mass is 9.85. The maximum absolute atomic E-state index is 13.6. The number of nitrogens with zero attached hydrogens (tertiary/aromatic N) is 2. The van der Waals surface area contributed by atoms with Crippen LogP contribution in [-0.4, -0.2) is 84.8 Å².